The number of aryl methyl sites for hydroxylation is 1. The fourth-order valence-corrected chi connectivity index (χ4v) is 1.37. The van der Waals surface area contributed by atoms with E-state index in [9.17, 15) is 4.79 Å². The predicted molar refractivity (Wildman–Crippen MR) is 60.4 cm³/mol. The summed E-state index contributed by atoms with van der Waals surface area (Å²) < 4.78 is 0. The van der Waals surface area contributed by atoms with Crippen molar-refractivity contribution in [2.45, 2.75) is 19.8 Å². The van der Waals surface area contributed by atoms with Gasteiger partial charge < -0.3 is 10.3 Å². The highest BCUT2D eigenvalue weighted by atomic mass is 16.2. The van der Waals surface area contributed by atoms with Crippen molar-refractivity contribution in [1.82, 2.24) is 30.5 Å². The molecule has 2 rings (SSSR count). The first-order valence-corrected chi connectivity index (χ1v) is 5.46. The molecule has 7 nitrogen and oxygen atoms in total. The van der Waals surface area contributed by atoms with Crippen molar-refractivity contribution in [2.24, 2.45) is 0 Å². The van der Waals surface area contributed by atoms with Crippen LogP contribution in [0.4, 0.5) is 0 Å². The van der Waals surface area contributed by atoms with Crippen molar-refractivity contribution in [3.8, 4) is 0 Å². The molecule has 0 radical (unpaired) electrons. The van der Waals surface area contributed by atoms with Gasteiger partial charge in [-0.2, -0.15) is 0 Å². The van der Waals surface area contributed by atoms with Gasteiger partial charge in [0.1, 0.15) is 5.82 Å². The number of nitrogens with zero attached hydrogens (tertiary/aromatic N) is 3. The third-order valence-electron chi connectivity index (χ3n) is 2.30. The van der Waals surface area contributed by atoms with Crippen molar-refractivity contribution in [2.75, 3.05) is 6.54 Å². The van der Waals surface area contributed by atoms with Gasteiger partial charge in [-0.05, 0) is 0 Å². The van der Waals surface area contributed by atoms with E-state index < -0.39 is 0 Å². The molecule has 17 heavy (non-hydrogen) atoms. The Hall–Kier alpha value is -2.18. The van der Waals surface area contributed by atoms with Crippen LogP contribution in [-0.2, 0) is 12.8 Å². The summed E-state index contributed by atoms with van der Waals surface area (Å²) in [6.45, 7) is 2.47. The number of carbonyl (C=O) groups is 1. The zero-order valence-electron chi connectivity index (χ0n) is 9.53. The number of hydrogen-bond donors (Lipinski definition) is 3. The summed E-state index contributed by atoms with van der Waals surface area (Å²) in [6.07, 6.45) is 4.78. The summed E-state index contributed by atoms with van der Waals surface area (Å²) in [7, 11) is 0. The molecule has 2 aromatic heterocycles. The monoisotopic (exact) mass is 234 g/mol. The van der Waals surface area contributed by atoms with E-state index in [1.165, 1.54) is 0 Å². The highest BCUT2D eigenvalue weighted by Gasteiger charge is 2.10. The number of H-pyrrole nitrogens is 2. The molecular weight excluding hydrogens is 220 g/mol. The lowest BCUT2D eigenvalue weighted by Crippen LogP contribution is -2.26. The molecule has 0 aliphatic heterocycles. The Bertz CT molecular complexity index is 475. The maximum absolute atomic E-state index is 11.6. The van der Waals surface area contributed by atoms with Crippen molar-refractivity contribution < 1.29 is 4.79 Å². The van der Waals surface area contributed by atoms with Crippen LogP contribution < -0.4 is 5.32 Å². The van der Waals surface area contributed by atoms with Crippen LogP contribution in [0.1, 0.15) is 29.1 Å². The molecule has 2 aromatic rings. The average molecular weight is 234 g/mol. The van der Waals surface area contributed by atoms with Crippen molar-refractivity contribution in [3.63, 3.8) is 0 Å². The van der Waals surface area contributed by atoms with Gasteiger partial charge in [0.15, 0.2) is 0 Å². The number of carbonyl (C=O) groups excluding carboxylic acids is 1. The molecule has 0 bridgehead atoms. The molecule has 0 aromatic carbocycles. The maximum atomic E-state index is 11.6. The number of hydrogen-bond acceptors (Lipinski definition) is 4. The van der Waals surface area contributed by atoms with Crippen LogP contribution in [0.15, 0.2) is 12.5 Å². The standard InChI is InChI=1S/C10H14N6O/c1-2-8-14-9(16-15-8)10(17)12-4-3-7-5-11-6-13-7/h5-6H,2-4H2,1H3,(H,11,13)(H,12,17)(H,14,15,16). The lowest BCUT2D eigenvalue weighted by atomic mass is 10.3. The van der Waals surface area contributed by atoms with E-state index in [2.05, 4.69) is 30.5 Å². The molecule has 0 fully saturated rings. The molecule has 0 spiro atoms. The normalized spacial score (nSPS) is 10.4. The molecule has 0 aliphatic rings. The minimum Gasteiger partial charge on any atom is -0.349 e. The van der Waals surface area contributed by atoms with Gasteiger partial charge in [-0.15, -0.1) is 5.10 Å². The Morgan fingerprint density at radius 2 is 2.41 bits per heavy atom. The second-order valence-electron chi connectivity index (χ2n) is 3.54. The number of rotatable bonds is 5. The van der Waals surface area contributed by atoms with Crippen LogP contribution in [0.3, 0.4) is 0 Å². The van der Waals surface area contributed by atoms with Gasteiger partial charge in [-0.3, -0.25) is 9.89 Å². The molecule has 0 aliphatic carbocycles. The summed E-state index contributed by atoms with van der Waals surface area (Å²) >= 11 is 0. The number of nitrogens with one attached hydrogen (secondary N) is 3. The molecule has 2 heterocycles. The van der Waals surface area contributed by atoms with Crippen LogP contribution >= 0.6 is 0 Å². The number of aromatic nitrogens is 5. The van der Waals surface area contributed by atoms with Gasteiger partial charge in [0, 0.05) is 31.3 Å². The van der Waals surface area contributed by atoms with Gasteiger partial charge in [-0.1, -0.05) is 6.92 Å². The Morgan fingerprint density at radius 3 is 3.06 bits per heavy atom. The van der Waals surface area contributed by atoms with E-state index in [1.54, 1.807) is 12.5 Å². The molecule has 3 N–H and O–H groups in total. The molecule has 0 saturated carbocycles. The van der Waals surface area contributed by atoms with E-state index in [1.807, 2.05) is 6.92 Å². The SMILES string of the molecule is CCc1nc(C(=O)NCCc2cnc[nH]2)n[nH]1. The summed E-state index contributed by atoms with van der Waals surface area (Å²) in [5.41, 5.74) is 0.981. The van der Waals surface area contributed by atoms with E-state index in [4.69, 9.17) is 0 Å². The first-order chi connectivity index (χ1) is 8.29. The first kappa shape index (κ1) is 11.3. The van der Waals surface area contributed by atoms with Gasteiger partial charge in [-0.25, -0.2) is 9.97 Å². The Balaban J connectivity index is 1.81. The van der Waals surface area contributed by atoms with E-state index >= 15 is 0 Å². The minimum atomic E-state index is -0.263. The molecule has 0 unspecified atom stereocenters. The Kier molecular flexibility index (Phi) is 3.49. The molecule has 7 heteroatoms. The van der Waals surface area contributed by atoms with Gasteiger partial charge in [0.2, 0.25) is 5.82 Å². The van der Waals surface area contributed by atoms with Crippen molar-refractivity contribution in [3.05, 3.63) is 29.9 Å². The Labute approximate surface area is 98.1 Å². The van der Waals surface area contributed by atoms with Crippen LogP contribution in [0, 0.1) is 0 Å². The topological polar surface area (TPSA) is 99.3 Å². The molecule has 0 saturated heterocycles. The Morgan fingerprint density at radius 1 is 1.53 bits per heavy atom. The van der Waals surface area contributed by atoms with Crippen molar-refractivity contribution in [1.29, 1.82) is 0 Å². The highest BCUT2D eigenvalue weighted by molar-refractivity contribution is 5.90. The summed E-state index contributed by atoms with van der Waals surface area (Å²) in [5, 5.41) is 9.28. The first-order valence-electron chi connectivity index (χ1n) is 5.46. The van der Waals surface area contributed by atoms with Crippen LogP contribution in [0.5, 0.6) is 0 Å². The van der Waals surface area contributed by atoms with Crippen LogP contribution in [0.25, 0.3) is 0 Å². The second kappa shape index (κ2) is 5.24. The van der Waals surface area contributed by atoms with E-state index in [0.29, 0.717) is 18.8 Å². The number of imidazole rings is 1. The van der Waals surface area contributed by atoms with Crippen LogP contribution in [-0.4, -0.2) is 37.6 Å². The average Bonchev–Trinajstić information content (AvgIpc) is 2.99. The lowest BCUT2D eigenvalue weighted by Gasteiger charge is -2.00. The van der Waals surface area contributed by atoms with Gasteiger partial charge >= 0.3 is 0 Å². The summed E-state index contributed by atoms with van der Waals surface area (Å²) in [4.78, 5) is 22.5. The second-order valence-corrected chi connectivity index (χ2v) is 3.54. The lowest BCUT2D eigenvalue weighted by molar-refractivity contribution is 0.0944. The smallest absolute Gasteiger partial charge is 0.290 e. The third kappa shape index (κ3) is 2.90. The molecular formula is C10H14N6O. The zero-order chi connectivity index (χ0) is 12.1. The third-order valence-corrected chi connectivity index (χ3v) is 2.30. The van der Waals surface area contributed by atoms with Gasteiger partial charge in [0.05, 0.1) is 6.33 Å². The van der Waals surface area contributed by atoms with E-state index in [-0.39, 0.29) is 11.7 Å². The quantitative estimate of drug-likeness (QED) is 0.681. The summed E-state index contributed by atoms with van der Waals surface area (Å²) in [5.74, 6) is 0.635. The van der Waals surface area contributed by atoms with Gasteiger partial charge in [0.25, 0.3) is 5.91 Å². The molecule has 1 amide bonds. The zero-order valence-corrected chi connectivity index (χ0v) is 9.53. The largest absolute Gasteiger partial charge is 0.349 e. The molecule has 90 valence electrons. The minimum absolute atomic E-state index is 0.187. The fraction of sp³-hybridized carbons (Fsp3) is 0.400. The predicted octanol–water partition coefficient (Wildman–Crippen LogP) is 0.0627. The number of amides is 1. The maximum Gasteiger partial charge on any atom is 0.290 e. The van der Waals surface area contributed by atoms with E-state index in [0.717, 1.165) is 12.1 Å². The fourth-order valence-electron chi connectivity index (χ4n) is 1.37. The summed E-state index contributed by atoms with van der Waals surface area (Å²) in [6, 6.07) is 0. The highest BCUT2D eigenvalue weighted by Crippen LogP contribution is 1.94. The molecule has 0 atom stereocenters. The number of aromatic amines is 2. The van der Waals surface area contributed by atoms with Crippen molar-refractivity contribution >= 4 is 5.91 Å². The van der Waals surface area contributed by atoms with Crippen LogP contribution in [0.2, 0.25) is 0 Å².